The minimum atomic E-state index is -0.774. The summed E-state index contributed by atoms with van der Waals surface area (Å²) in [7, 11) is 0. The number of aliphatic hydroxyl groups is 2. The van der Waals surface area contributed by atoms with E-state index in [0.717, 1.165) is 36.8 Å². The number of aliphatic carboxylic acids is 1. The molecule has 1 aromatic rings. The zero-order valence-corrected chi connectivity index (χ0v) is 16.8. The van der Waals surface area contributed by atoms with Gasteiger partial charge in [-0.2, -0.15) is 0 Å². The Balaban J connectivity index is 2.15. The standard InChI is InChI=1S/C22H30O6/c1-13(25)28-18-10-17-14(9-16(18)15(11-23)12-24)5-6-19-21(17,2)7-4-8-22(19,3)20(26)27/h9-10,15,19,23-24H,4-8,11-12H2,1-3H3,(H,26,27). The van der Waals surface area contributed by atoms with E-state index in [2.05, 4.69) is 6.92 Å². The van der Waals surface area contributed by atoms with Gasteiger partial charge in [0, 0.05) is 18.4 Å². The Morgan fingerprint density at radius 3 is 2.46 bits per heavy atom. The molecule has 28 heavy (non-hydrogen) atoms. The fourth-order valence-electron chi connectivity index (χ4n) is 5.59. The van der Waals surface area contributed by atoms with Crippen LogP contribution in [0.2, 0.25) is 0 Å². The SMILES string of the molecule is CC(=O)Oc1cc2c(cc1C(CO)CO)CCC1C(C)(C(=O)O)CCCC21C. The molecule has 3 rings (SSSR count). The smallest absolute Gasteiger partial charge is 0.309 e. The monoisotopic (exact) mass is 390 g/mol. The van der Waals surface area contributed by atoms with Crippen molar-refractivity contribution in [2.75, 3.05) is 13.2 Å². The Labute approximate surface area is 165 Å². The van der Waals surface area contributed by atoms with Crippen molar-refractivity contribution >= 4 is 11.9 Å². The third kappa shape index (κ3) is 3.22. The zero-order valence-electron chi connectivity index (χ0n) is 16.8. The number of aliphatic hydroxyl groups excluding tert-OH is 2. The first-order chi connectivity index (χ1) is 13.2. The Kier molecular flexibility index (Phi) is 5.56. The number of hydrogen-bond acceptors (Lipinski definition) is 5. The molecule has 1 fully saturated rings. The summed E-state index contributed by atoms with van der Waals surface area (Å²) in [6.07, 6.45) is 3.90. The van der Waals surface area contributed by atoms with Gasteiger partial charge in [-0.3, -0.25) is 9.59 Å². The van der Waals surface area contributed by atoms with E-state index in [-0.39, 0.29) is 24.5 Å². The van der Waals surface area contributed by atoms with Gasteiger partial charge in [0.1, 0.15) is 5.75 Å². The number of aryl methyl sites for hydroxylation is 1. The second-order valence-electron chi connectivity index (χ2n) is 8.79. The largest absolute Gasteiger partial charge is 0.481 e. The molecule has 2 aliphatic rings. The summed E-state index contributed by atoms with van der Waals surface area (Å²) in [5.41, 5.74) is 1.65. The summed E-state index contributed by atoms with van der Waals surface area (Å²) in [6, 6.07) is 3.78. The number of carbonyl (C=O) groups excluding carboxylic acids is 1. The van der Waals surface area contributed by atoms with Crippen molar-refractivity contribution in [2.24, 2.45) is 11.3 Å². The molecule has 1 saturated carbocycles. The van der Waals surface area contributed by atoms with Gasteiger partial charge in [-0.15, -0.1) is 0 Å². The molecule has 2 aliphatic carbocycles. The molecule has 0 amide bonds. The number of carboxylic acids is 1. The van der Waals surface area contributed by atoms with Crippen LogP contribution < -0.4 is 4.74 Å². The van der Waals surface area contributed by atoms with Gasteiger partial charge in [-0.05, 0) is 61.1 Å². The molecule has 0 bridgehead atoms. The third-order valence-corrected chi connectivity index (χ3v) is 7.11. The maximum absolute atomic E-state index is 12.1. The number of carbonyl (C=O) groups is 2. The van der Waals surface area contributed by atoms with E-state index in [4.69, 9.17) is 4.74 Å². The Morgan fingerprint density at radius 2 is 1.89 bits per heavy atom. The summed E-state index contributed by atoms with van der Waals surface area (Å²) < 4.78 is 5.44. The lowest BCUT2D eigenvalue weighted by Gasteiger charge is -2.53. The normalized spacial score (nSPS) is 29.1. The maximum atomic E-state index is 12.1. The van der Waals surface area contributed by atoms with Crippen LogP contribution in [0.5, 0.6) is 5.75 Å². The van der Waals surface area contributed by atoms with Gasteiger partial charge in [0.15, 0.2) is 0 Å². The molecule has 154 valence electrons. The van der Waals surface area contributed by atoms with Gasteiger partial charge >= 0.3 is 11.9 Å². The first-order valence-electron chi connectivity index (χ1n) is 9.98. The van der Waals surface area contributed by atoms with Gasteiger partial charge in [0.25, 0.3) is 0 Å². The molecular weight excluding hydrogens is 360 g/mol. The van der Waals surface area contributed by atoms with Crippen molar-refractivity contribution in [3.05, 3.63) is 28.8 Å². The molecule has 0 spiro atoms. The first-order valence-corrected chi connectivity index (χ1v) is 9.98. The fraction of sp³-hybridized carbons (Fsp3) is 0.636. The van der Waals surface area contributed by atoms with E-state index in [1.54, 1.807) is 0 Å². The molecular formula is C22H30O6. The summed E-state index contributed by atoms with van der Waals surface area (Å²) >= 11 is 0. The molecule has 1 aromatic carbocycles. The number of benzene rings is 1. The molecule has 0 aliphatic heterocycles. The number of carboxylic acid groups (broad SMARTS) is 1. The number of ether oxygens (including phenoxy) is 1. The quantitative estimate of drug-likeness (QED) is 0.528. The number of rotatable bonds is 5. The average Bonchev–Trinajstić information content (AvgIpc) is 2.62. The van der Waals surface area contributed by atoms with Crippen LogP contribution in [0.4, 0.5) is 0 Å². The summed E-state index contributed by atoms with van der Waals surface area (Å²) in [4.78, 5) is 23.8. The lowest BCUT2D eigenvalue weighted by Crippen LogP contribution is -2.52. The Bertz CT molecular complexity index is 783. The Morgan fingerprint density at radius 1 is 1.21 bits per heavy atom. The highest BCUT2D eigenvalue weighted by atomic mass is 16.5. The predicted octanol–water partition coefficient (Wildman–Crippen LogP) is 2.78. The van der Waals surface area contributed by atoms with Crippen molar-refractivity contribution in [3.63, 3.8) is 0 Å². The number of esters is 1. The molecule has 6 nitrogen and oxygen atoms in total. The summed E-state index contributed by atoms with van der Waals surface area (Å²) in [5, 5.41) is 29.2. The molecule has 6 heteroatoms. The highest BCUT2D eigenvalue weighted by molar-refractivity contribution is 5.75. The van der Waals surface area contributed by atoms with E-state index < -0.39 is 23.3 Å². The van der Waals surface area contributed by atoms with Crippen molar-refractivity contribution in [2.45, 2.75) is 64.2 Å². The van der Waals surface area contributed by atoms with E-state index in [1.165, 1.54) is 6.92 Å². The summed E-state index contributed by atoms with van der Waals surface area (Å²) in [5.74, 6) is -1.39. The van der Waals surface area contributed by atoms with E-state index >= 15 is 0 Å². The average molecular weight is 390 g/mol. The van der Waals surface area contributed by atoms with Crippen LogP contribution in [-0.4, -0.2) is 40.5 Å². The molecule has 3 unspecified atom stereocenters. The lowest BCUT2D eigenvalue weighted by atomic mass is 9.49. The highest BCUT2D eigenvalue weighted by Gasteiger charge is 2.55. The van der Waals surface area contributed by atoms with E-state index in [9.17, 15) is 24.9 Å². The van der Waals surface area contributed by atoms with Crippen molar-refractivity contribution in [1.82, 2.24) is 0 Å². The molecule has 3 atom stereocenters. The molecule has 0 heterocycles. The van der Waals surface area contributed by atoms with Crippen LogP contribution >= 0.6 is 0 Å². The van der Waals surface area contributed by atoms with Crippen LogP contribution in [-0.2, 0) is 21.4 Å². The van der Waals surface area contributed by atoms with Crippen LogP contribution in [0.25, 0.3) is 0 Å². The topological polar surface area (TPSA) is 104 Å². The molecule has 0 aromatic heterocycles. The van der Waals surface area contributed by atoms with Crippen LogP contribution in [0, 0.1) is 11.3 Å². The van der Waals surface area contributed by atoms with Crippen molar-refractivity contribution in [1.29, 1.82) is 0 Å². The molecule has 0 radical (unpaired) electrons. The number of fused-ring (bicyclic) bond motifs is 3. The highest BCUT2D eigenvalue weighted by Crippen LogP contribution is 2.58. The van der Waals surface area contributed by atoms with Crippen molar-refractivity contribution in [3.8, 4) is 5.75 Å². The second kappa shape index (κ2) is 7.48. The zero-order chi connectivity index (χ0) is 20.7. The van der Waals surface area contributed by atoms with E-state index in [1.807, 2.05) is 19.1 Å². The van der Waals surface area contributed by atoms with Crippen LogP contribution in [0.1, 0.15) is 69.1 Å². The van der Waals surface area contributed by atoms with Crippen molar-refractivity contribution < 1.29 is 29.6 Å². The van der Waals surface area contributed by atoms with Crippen LogP contribution in [0.3, 0.4) is 0 Å². The minimum Gasteiger partial charge on any atom is -0.481 e. The van der Waals surface area contributed by atoms with Gasteiger partial charge in [-0.1, -0.05) is 19.4 Å². The lowest BCUT2D eigenvalue weighted by molar-refractivity contribution is -0.157. The van der Waals surface area contributed by atoms with Crippen LogP contribution in [0.15, 0.2) is 12.1 Å². The second-order valence-corrected chi connectivity index (χ2v) is 8.79. The van der Waals surface area contributed by atoms with E-state index in [0.29, 0.717) is 17.7 Å². The predicted molar refractivity (Wildman–Crippen MR) is 103 cm³/mol. The summed E-state index contributed by atoms with van der Waals surface area (Å²) in [6.45, 7) is 4.81. The van der Waals surface area contributed by atoms with Gasteiger partial charge in [0.05, 0.1) is 18.6 Å². The van der Waals surface area contributed by atoms with Gasteiger partial charge in [0.2, 0.25) is 0 Å². The fourth-order valence-corrected chi connectivity index (χ4v) is 5.59. The maximum Gasteiger partial charge on any atom is 0.309 e. The molecule has 3 N–H and O–H groups in total. The Hall–Kier alpha value is -1.92. The minimum absolute atomic E-state index is 0.00117. The molecule has 0 saturated heterocycles. The number of hydrogen-bond donors (Lipinski definition) is 3. The third-order valence-electron chi connectivity index (χ3n) is 7.11. The first kappa shape index (κ1) is 20.8. The van der Waals surface area contributed by atoms with Gasteiger partial charge in [-0.25, -0.2) is 0 Å². The van der Waals surface area contributed by atoms with Gasteiger partial charge < -0.3 is 20.1 Å².